The maximum absolute atomic E-state index is 11.3. The summed E-state index contributed by atoms with van der Waals surface area (Å²) in [6.45, 7) is 6.49. The minimum absolute atomic E-state index is 0.338. The van der Waals surface area contributed by atoms with Crippen LogP contribution < -0.4 is 0 Å². The second kappa shape index (κ2) is 3.38. The molecule has 0 heterocycles. The number of carbonyl (C=O) groups excluding carboxylic acids is 1. The molecular formula is C10H18O. The average Bonchev–Trinajstić information content (AvgIpc) is 1.94. The second-order valence-electron chi connectivity index (χ2n) is 4.15. The topological polar surface area (TPSA) is 17.1 Å². The first kappa shape index (κ1) is 8.76. The summed E-state index contributed by atoms with van der Waals surface area (Å²) in [6, 6.07) is 0. The Balaban J connectivity index is 2.46. The molecule has 1 fully saturated rings. The minimum atomic E-state index is 0.338. The maximum atomic E-state index is 11.3. The zero-order valence-electron chi connectivity index (χ0n) is 7.76. The van der Waals surface area contributed by atoms with Crippen molar-refractivity contribution in [1.82, 2.24) is 0 Å². The fraction of sp³-hybridized carbons (Fsp3) is 0.900. The molecule has 0 unspecified atom stereocenters. The van der Waals surface area contributed by atoms with Gasteiger partial charge < -0.3 is 0 Å². The standard InChI is InChI=1S/C10H18O/c1-7(2)9-5-4-8(3)10(11)6-9/h7-9H,4-6H2,1-3H3/t8-,9+/m0/s1. The van der Waals surface area contributed by atoms with Crippen LogP contribution in [-0.2, 0) is 4.79 Å². The Morgan fingerprint density at radius 1 is 1.36 bits per heavy atom. The van der Waals surface area contributed by atoms with E-state index in [1.165, 1.54) is 6.42 Å². The summed E-state index contributed by atoms with van der Waals surface area (Å²) in [6.07, 6.45) is 3.20. The van der Waals surface area contributed by atoms with Gasteiger partial charge in [-0.25, -0.2) is 0 Å². The molecule has 0 bridgehead atoms. The SMILES string of the molecule is CC(C)[C@@H]1CC[C@H](C)C(=O)C1. The first-order chi connectivity index (χ1) is 5.11. The highest BCUT2D eigenvalue weighted by Crippen LogP contribution is 2.30. The molecule has 1 nitrogen and oxygen atoms in total. The van der Waals surface area contributed by atoms with E-state index in [-0.39, 0.29) is 0 Å². The molecule has 0 spiro atoms. The van der Waals surface area contributed by atoms with Crippen LogP contribution in [0.2, 0.25) is 0 Å². The van der Waals surface area contributed by atoms with Gasteiger partial charge in [-0.3, -0.25) is 4.79 Å². The van der Waals surface area contributed by atoms with Gasteiger partial charge in [-0.15, -0.1) is 0 Å². The Morgan fingerprint density at radius 2 is 2.00 bits per heavy atom. The molecule has 1 aliphatic rings. The Hall–Kier alpha value is -0.330. The predicted molar refractivity (Wildman–Crippen MR) is 46.4 cm³/mol. The highest BCUT2D eigenvalue weighted by molar-refractivity contribution is 5.81. The highest BCUT2D eigenvalue weighted by Gasteiger charge is 2.26. The molecule has 1 aliphatic carbocycles. The van der Waals surface area contributed by atoms with Crippen LogP contribution in [0, 0.1) is 17.8 Å². The van der Waals surface area contributed by atoms with Gasteiger partial charge in [0, 0.05) is 12.3 Å². The van der Waals surface area contributed by atoms with Gasteiger partial charge in [-0.2, -0.15) is 0 Å². The number of Topliss-reactive ketones (excluding diaryl/α,β-unsaturated/α-hetero) is 1. The normalized spacial score (nSPS) is 32.9. The fourth-order valence-corrected chi connectivity index (χ4v) is 1.76. The Bertz CT molecular complexity index is 149. The van der Waals surface area contributed by atoms with Crippen LogP contribution in [0.1, 0.15) is 40.0 Å². The zero-order valence-corrected chi connectivity index (χ0v) is 7.76. The summed E-state index contributed by atoms with van der Waals surface area (Å²) in [5.41, 5.74) is 0. The Morgan fingerprint density at radius 3 is 2.45 bits per heavy atom. The van der Waals surface area contributed by atoms with Crippen LogP contribution in [0.4, 0.5) is 0 Å². The fourth-order valence-electron chi connectivity index (χ4n) is 1.76. The van der Waals surface area contributed by atoms with Crippen molar-refractivity contribution < 1.29 is 4.79 Å². The summed E-state index contributed by atoms with van der Waals surface area (Å²) in [4.78, 5) is 11.3. The van der Waals surface area contributed by atoms with Crippen LogP contribution >= 0.6 is 0 Å². The number of carbonyl (C=O) groups is 1. The van der Waals surface area contributed by atoms with Crippen molar-refractivity contribution in [1.29, 1.82) is 0 Å². The third-order valence-electron chi connectivity index (χ3n) is 2.93. The first-order valence-corrected chi connectivity index (χ1v) is 4.64. The van der Waals surface area contributed by atoms with E-state index in [9.17, 15) is 4.79 Å². The molecule has 0 aliphatic heterocycles. The van der Waals surface area contributed by atoms with Gasteiger partial charge in [0.05, 0.1) is 0 Å². The number of hydrogen-bond donors (Lipinski definition) is 0. The Labute approximate surface area is 69.2 Å². The molecule has 0 N–H and O–H groups in total. The maximum Gasteiger partial charge on any atom is 0.135 e. The van der Waals surface area contributed by atoms with Crippen LogP contribution in [0.25, 0.3) is 0 Å². The highest BCUT2D eigenvalue weighted by atomic mass is 16.1. The second-order valence-corrected chi connectivity index (χ2v) is 4.15. The predicted octanol–water partition coefficient (Wildman–Crippen LogP) is 2.65. The van der Waals surface area contributed by atoms with Crippen molar-refractivity contribution in [2.24, 2.45) is 17.8 Å². The van der Waals surface area contributed by atoms with Crippen molar-refractivity contribution in [3.63, 3.8) is 0 Å². The number of rotatable bonds is 1. The molecule has 1 saturated carbocycles. The largest absolute Gasteiger partial charge is 0.299 e. The smallest absolute Gasteiger partial charge is 0.135 e. The molecule has 0 radical (unpaired) electrons. The van der Waals surface area contributed by atoms with E-state index in [0.29, 0.717) is 23.5 Å². The van der Waals surface area contributed by atoms with E-state index in [1.54, 1.807) is 0 Å². The quantitative estimate of drug-likeness (QED) is 0.567. The van der Waals surface area contributed by atoms with E-state index in [2.05, 4.69) is 20.8 Å². The molecule has 64 valence electrons. The van der Waals surface area contributed by atoms with Crippen molar-refractivity contribution in [2.45, 2.75) is 40.0 Å². The summed E-state index contributed by atoms with van der Waals surface area (Å²) in [5, 5.41) is 0. The molecule has 1 rings (SSSR count). The van der Waals surface area contributed by atoms with Crippen molar-refractivity contribution in [2.75, 3.05) is 0 Å². The van der Waals surface area contributed by atoms with Gasteiger partial charge >= 0.3 is 0 Å². The van der Waals surface area contributed by atoms with Crippen LogP contribution in [0.5, 0.6) is 0 Å². The van der Waals surface area contributed by atoms with Gasteiger partial charge in [-0.05, 0) is 24.7 Å². The molecule has 1 heteroatoms. The van der Waals surface area contributed by atoms with Crippen molar-refractivity contribution >= 4 is 5.78 Å². The zero-order chi connectivity index (χ0) is 8.43. The molecule has 0 amide bonds. The van der Waals surface area contributed by atoms with E-state index in [4.69, 9.17) is 0 Å². The molecule has 0 aromatic heterocycles. The lowest BCUT2D eigenvalue weighted by molar-refractivity contribution is -0.125. The van der Waals surface area contributed by atoms with Crippen molar-refractivity contribution in [3.8, 4) is 0 Å². The van der Waals surface area contributed by atoms with E-state index < -0.39 is 0 Å². The van der Waals surface area contributed by atoms with Gasteiger partial charge in [0.25, 0.3) is 0 Å². The lowest BCUT2D eigenvalue weighted by Gasteiger charge is -2.27. The molecule has 0 saturated heterocycles. The molecule has 2 atom stereocenters. The molecular weight excluding hydrogens is 136 g/mol. The van der Waals surface area contributed by atoms with Crippen LogP contribution in [-0.4, -0.2) is 5.78 Å². The number of ketones is 1. The summed E-state index contributed by atoms with van der Waals surface area (Å²) in [5.74, 6) is 2.17. The van der Waals surface area contributed by atoms with Gasteiger partial charge in [0.2, 0.25) is 0 Å². The van der Waals surface area contributed by atoms with E-state index in [0.717, 1.165) is 12.8 Å². The van der Waals surface area contributed by atoms with Crippen molar-refractivity contribution in [3.05, 3.63) is 0 Å². The van der Waals surface area contributed by atoms with Gasteiger partial charge in [-0.1, -0.05) is 20.8 Å². The third kappa shape index (κ3) is 2.05. The summed E-state index contributed by atoms with van der Waals surface area (Å²) in [7, 11) is 0. The molecule has 0 aromatic carbocycles. The van der Waals surface area contributed by atoms with Gasteiger partial charge in [0.15, 0.2) is 0 Å². The third-order valence-corrected chi connectivity index (χ3v) is 2.93. The number of hydrogen-bond acceptors (Lipinski definition) is 1. The summed E-state index contributed by atoms with van der Waals surface area (Å²) < 4.78 is 0. The van der Waals surface area contributed by atoms with Crippen LogP contribution in [0.15, 0.2) is 0 Å². The first-order valence-electron chi connectivity index (χ1n) is 4.64. The average molecular weight is 154 g/mol. The summed E-state index contributed by atoms with van der Waals surface area (Å²) >= 11 is 0. The minimum Gasteiger partial charge on any atom is -0.299 e. The lowest BCUT2D eigenvalue weighted by atomic mass is 9.77. The van der Waals surface area contributed by atoms with E-state index in [1.807, 2.05) is 0 Å². The van der Waals surface area contributed by atoms with Gasteiger partial charge in [0.1, 0.15) is 5.78 Å². The Kier molecular flexibility index (Phi) is 2.69. The lowest BCUT2D eigenvalue weighted by Crippen LogP contribution is -2.25. The van der Waals surface area contributed by atoms with Crippen LogP contribution in [0.3, 0.4) is 0 Å². The monoisotopic (exact) mass is 154 g/mol. The molecule has 11 heavy (non-hydrogen) atoms. The molecule has 0 aromatic rings. The van der Waals surface area contributed by atoms with E-state index >= 15 is 0 Å².